The van der Waals surface area contributed by atoms with Crippen LogP contribution in [0.25, 0.3) is 0 Å². The molecule has 0 spiro atoms. The van der Waals surface area contributed by atoms with E-state index in [0.717, 1.165) is 0 Å². The summed E-state index contributed by atoms with van der Waals surface area (Å²) < 4.78 is 26.9. The fourth-order valence-electron chi connectivity index (χ4n) is 2.86. The molecule has 0 aromatic heterocycles. The van der Waals surface area contributed by atoms with Crippen molar-refractivity contribution >= 4 is 23.6 Å². The van der Waals surface area contributed by atoms with Crippen molar-refractivity contribution in [2.24, 2.45) is 11.3 Å². The molecule has 33 heavy (non-hydrogen) atoms. The number of nitrogens with zero attached hydrogens (tertiary/aromatic N) is 1. The Morgan fingerprint density at radius 1 is 1.00 bits per heavy atom. The van der Waals surface area contributed by atoms with Gasteiger partial charge in [-0.05, 0) is 0 Å². The Morgan fingerprint density at radius 3 is 2.12 bits per heavy atom. The number of amides is 2. The van der Waals surface area contributed by atoms with Gasteiger partial charge in [0.25, 0.3) is 11.8 Å². The minimum atomic E-state index is -0.863. The Hall–Kier alpha value is -2.76. The molecule has 1 aliphatic rings. The number of hydrogen-bond donors (Lipinski definition) is 0. The Morgan fingerprint density at radius 2 is 1.58 bits per heavy atom. The number of ketones is 1. The van der Waals surface area contributed by atoms with E-state index >= 15 is 0 Å². The van der Waals surface area contributed by atoms with E-state index in [9.17, 15) is 19.2 Å². The lowest BCUT2D eigenvalue weighted by atomic mass is 9.92. The zero-order valence-electron chi connectivity index (χ0n) is 19.2. The van der Waals surface area contributed by atoms with Gasteiger partial charge in [-0.2, -0.15) is 0 Å². The van der Waals surface area contributed by atoms with Crippen LogP contribution in [0.4, 0.5) is 0 Å². The smallest absolute Gasteiger partial charge is 0.336 e. The van der Waals surface area contributed by atoms with Crippen molar-refractivity contribution in [2.75, 3.05) is 53.4 Å². The van der Waals surface area contributed by atoms with Gasteiger partial charge in [-0.15, -0.1) is 5.06 Å². The maximum Gasteiger partial charge on any atom is 0.336 e. The molecule has 1 unspecified atom stereocenters. The summed E-state index contributed by atoms with van der Waals surface area (Å²) in [5.74, 6) is -3.23. The van der Waals surface area contributed by atoms with Gasteiger partial charge in [0.1, 0.15) is 19.8 Å². The Labute approximate surface area is 193 Å². The van der Waals surface area contributed by atoms with Crippen LogP contribution in [-0.2, 0) is 47.7 Å². The van der Waals surface area contributed by atoms with Crippen molar-refractivity contribution in [1.82, 2.24) is 5.06 Å². The van der Waals surface area contributed by atoms with Gasteiger partial charge in [0, 0.05) is 26.4 Å². The van der Waals surface area contributed by atoms with Crippen molar-refractivity contribution < 1.29 is 47.7 Å². The molecule has 0 saturated carbocycles. The highest BCUT2D eigenvalue weighted by Crippen LogP contribution is 2.21. The number of imide groups is 1. The van der Waals surface area contributed by atoms with Crippen LogP contribution < -0.4 is 0 Å². The van der Waals surface area contributed by atoms with Crippen molar-refractivity contribution in [2.45, 2.75) is 26.2 Å². The number of rotatable bonds is 19. The SMILES string of the molecule is C=COCC(COC=C)(COCCOC)COCC(=O)CC(C)C(=O)ON1C(=O)CCC1=O. The van der Waals surface area contributed by atoms with Gasteiger partial charge in [0.05, 0.1) is 50.3 Å². The second-order valence-corrected chi connectivity index (χ2v) is 7.63. The normalized spacial score (nSPS) is 14.7. The van der Waals surface area contributed by atoms with Gasteiger partial charge >= 0.3 is 5.97 Å². The predicted molar refractivity (Wildman–Crippen MR) is 114 cm³/mol. The summed E-state index contributed by atoms with van der Waals surface area (Å²) in [6.07, 6.45) is 2.38. The molecule has 1 heterocycles. The molecule has 0 radical (unpaired) electrons. The van der Waals surface area contributed by atoms with Crippen LogP contribution in [-0.4, -0.2) is 82.0 Å². The standard InChI is InChI=1S/C22H33NO10/c1-5-29-13-22(14-30-6-2,15-31-10-9-28-4)16-32-12-18(24)11-17(3)21(27)33-23-19(25)7-8-20(23)26/h5-6,17H,1-2,7-16H2,3-4H3. The lowest BCUT2D eigenvalue weighted by molar-refractivity contribution is -0.200. The molecule has 0 N–H and O–H groups in total. The Bertz CT molecular complexity index is 665. The summed E-state index contributed by atoms with van der Waals surface area (Å²) in [5, 5.41) is 0.455. The molecular weight excluding hydrogens is 438 g/mol. The van der Waals surface area contributed by atoms with Gasteiger partial charge in [0.15, 0.2) is 5.78 Å². The number of hydrogen-bond acceptors (Lipinski definition) is 10. The maximum atomic E-state index is 12.3. The number of carbonyl (C=O) groups is 4. The van der Waals surface area contributed by atoms with Gasteiger partial charge < -0.3 is 28.5 Å². The van der Waals surface area contributed by atoms with Crippen LogP contribution >= 0.6 is 0 Å². The number of Topliss-reactive ketones (excluding diaryl/α,β-unsaturated/α-hetero) is 1. The van der Waals surface area contributed by atoms with Crippen LogP contribution in [0.15, 0.2) is 25.7 Å². The first-order valence-electron chi connectivity index (χ1n) is 10.5. The highest BCUT2D eigenvalue weighted by atomic mass is 16.7. The average molecular weight is 472 g/mol. The predicted octanol–water partition coefficient (Wildman–Crippen LogP) is 1.18. The van der Waals surface area contributed by atoms with Crippen LogP contribution in [0.5, 0.6) is 0 Å². The number of ether oxygens (including phenoxy) is 5. The average Bonchev–Trinajstić information content (AvgIpc) is 3.10. The summed E-state index contributed by atoms with van der Waals surface area (Å²) in [5.41, 5.74) is -0.753. The Kier molecular flexibility index (Phi) is 13.0. The summed E-state index contributed by atoms with van der Waals surface area (Å²) in [7, 11) is 1.56. The molecule has 1 fully saturated rings. The maximum absolute atomic E-state index is 12.3. The van der Waals surface area contributed by atoms with Crippen molar-refractivity contribution in [3.8, 4) is 0 Å². The van der Waals surface area contributed by atoms with Crippen LogP contribution in [0.2, 0.25) is 0 Å². The minimum Gasteiger partial charge on any atom is -0.501 e. The first-order valence-corrected chi connectivity index (χ1v) is 10.5. The first kappa shape index (κ1) is 28.3. The fourth-order valence-corrected chi connectivity index (χ4v) is 2.86. The van der Waals surface area contributed by atoms with Gasteiger partial charge in [0.2, 0.25) is 0 Å². The lowest BCUT2D eigenvalue weighted by Gasteiger charge is -2.31. The molecule has 11 nitrogen and oxygen atoms in total. The van der Waals surface area contributed by atoms with Crippen molar-refractivity contribution in [1.29, 1.82) is 0 Å². The number of hydroxylamine groups is 2. The van der Waals surface area contributed by atoms with Crippen molar-refractivity contribution in [3.63, 3.8) is 0 Å². The zero-order chi connectivity index (χ0) is 24.7. The zero-order valence-corrected chi connectivity index (χ0v) is 19.2. The second kappa shape index (κ2) is 15.1. The highest BCUT2D eigenvalue weighted by molar-refractivity contribution is 6.01. The van der Waals surface area contributed by atoms with Gasteiger partial charge in [-0.3, -0.25) is 14.4 Å². The molecule has 1 aliphatic heterocycles. The fraction of sp³-hybridized carbons (Fsp3) is 0.636. The van der Waals surface area contributed by atoms with E-state index in [1.165, 1.54) is 19.4 Å². The molecule has 1 atom stereocenters. The van der Waals surface area contributed by atoms with Gasteiger partial charge in [-0.25, -0.2) is 4.79 Å². The molecule has 0 aliphatic carbocycles. The van der Waals surface area contributed by atoms with Gasteiger partial charge in [-0.1, -0.05) is 20.1 Å². The largest absolute Gasteiger partial charge is 0.501 e. The topological polar surface area (TPSA) is 127 Å². The summed E-state index contributed by atoms with van der Waals surface area (Å²) in [4.78, 5) is 52.4. The summed E-state index contributed by atoms with van der Waals surface area (Å²) in [6, 6.07) is 0. The summed E-state index contributed by atoms with van der Waals surface area (Å²) in [6.45, 7) is 9.58. The van der Waals surface area contributed by atoms with E-state index in [0.29, 0.717) is 18.3 Å². The van der Waals surface area contributed by atoms with E-state index in [1.54, 1.807) is 7.11 Å². The molecule has 0 aromatic carbocycles. The number of methoxy groups -OCH3 is 1. The van der Waals surface area contributed by atoms with Crippen LogP contribution in [0, 0.1) is 11.3 Å². The molecule has 1 saturated heterocycles. The van der Waals surface area contributed by atoms with Crippen LogP contribution in [0.1, 0.15) is 26.2 Å². The monoisotopic (exact) mass is 471 g/mol. The minimum absolute atomic E-state index is 0.00463. The van der Waals surface area contributed by atoms with E-state index in [4.69, 9.17) is 28.5 Å². The molecule has 1 rings (SSSR count). The lowest BCUT2D eigenvalue weighted by Crippen LogP contribution is -2.41. The molecule has 186 valence electrons. The second-order valence-electron chi connectivity index (χ2n) is 7.63. The third kappa shape index (κ3) is 10.1. The highest BCUT2D eigenvalue weighted by Gasteiger charge is 2.35. The third-order valence-corrected chi connectivity index (χ3v) is 4.65. The van der Waals surface area contributed by atoms with E-state index in [-0.39, 0.29) is 58.1 Å². The van der Waals surface area contributed by atoms with E-state index in [1.807, 2.05) is 0 Å². The quantitative estimate of drug-likeness (QED) is 0.154. The van der Waals surface area contributed by atoms with E-state index in [2.05, 4.69) is 13.2 Å². The molecule has 11 heteroatoms. The molecule has 0 bridgehead atoms. The van der Waals surface area contributed by atoms with E-state index < -0.39 is 29.1 Å². The molecular formula is C22H33NO10. The first-order chi connectivity index (χ1) is 15.8. The van der Waals surface area contributed by atoms with Crippen LogP contribution in [0.3, 0.4) is 0 Å². The Balaban J connectivity index is 2.58. The summed E-state index contributed by atoms with van der Waals surface area (Å²) >= 11 is 0. The number of carbonyl (C=O) groups excluding carboxylic acids is 4. The molecule has 2 amide bonds. The third-order valence-electron chi connectivity index (χ3n) is 4.65. The van der Waals surface area contributed by atoms with Crippen molar-refractivity contribution in [3.05, 3.63) is 25.7 Å². The molecule has 0 aromatic rings.